The number of ether oxygens (including phenoxy) is 1. The summed E-state index contributed by atoms with van der Waals surface area (Å²) in [6.45, 7) is 1.89. The first-order valence-corrected chi connectivity index (χ1v) is 5.41. The standard InChI is InChI=1S/C8H13F2N3O2S/c1-2-15-5-7(11)13-16-8(5)12-3-4(14)6(9)10/h4,6,12,14H,2-3H2,1H3,(H2,11,13). The van der Waals surface area contributed by atoms with Crippen molar-refractivity contribution in [3.05, 3.63) is 0 Å². The number of nitrogens with two attached hydrogens (primary N) is 1. The highest BCUT2D eigenvalue weighted by Gasteiger charge is 2.19. The summed E-state index contributed by atoms with van der Waals surface area (Å²) in [6, 6.07) is 0. The Kier molecular flexibility index (Phi) is 4.69. The lowest BCUT2D eigenvalue weighted by molar-refractivity contribution is 0.00386. The number of aliphatic hydroxyl groups is 1. The van der Waals surface area contributed by atoms with Crippen LogP contribution in [0.15, 0.2) is 0 Å². The Morgan fingerprint density at radius 1 is 1.62 bits per heavy atom. The molecule has 0 aromatic carbocycles. The summed E-state index contributed by atoms with van der Waals surface area (Å²) in [7, 11) is 0. The van der Waals surface area contributed by atoms with E-state index in [-0.39, 0.29) is 12.4 Å². The van der Waals surface area contributed by atoms with E-state index < -0.39 is 12.5 Å². The van der Waals surface area contributed by atoms with E-state index in [1.54, 1.807) is 6.92 Å². The van der Waals surface area contributed by atoms with Gasteiger partial charge in [0.25, 0.3) is 6.43 Å². The molecule has 0 aliphatic rings. The highest BCUT2D eigenvalue weighted by molar-refractivity contribution is 7.11. The summed E-state index contributed by atoms with van der Waals surface area (Å²) < 4.78 is 33.1. The SMILES string of the molecule is CCOc1c(N)nsc1NCC(O)C(F)F. The van der Waals surface area contributed by atoms with Gasteiger partial charge in [-0.2, -0.15) is 4.37 Å². The molecular formula is C8H13F2N3O2S. The van der Waals surface area contributed by atoms with E-state index in [1.165, 1.54) is 0 Å². The van der Waals surface area contributed by atoms with Crippen molar-refractivity contribution in [1.82, 2.24) is 4.37 Å². The molecule has 1 unspecified atom stereocenters. The Hall–Kier alpha value is -1.15. The number of nitrogen functional groups attached to an aromatic ring is 1. The smallest absolute Gasteiger partial charge is 0.265 e. The first kappa shape index (κ1) is 12.9. The summed E-state index contributed by atoms with van der Waals surface area (Å²) >= 11 is 1.00. The lowest BCUT2D eigenvalue weighted by Gasteiger charge is -2.11. The number of rotatable bonds is 6. The Labute approximate surface area is 95.4 Å². The molecule has 4 N–H and O–H groups in total. The van der Waals surface area contributed by atoms with Crippen LogP contribution in [0.4, 0.5) is 19.6 Å². The molecule has 1 aromatic heterocycles. The van der Waals surface area contributed by atoms with Crippen LogP contribution >= 0.6 is 11.5 Å². The van der Waals surface area contributed by atoms with Crippen molar-refractivity contribution in [1.29, 1.82) is 0 Å². The van der Waals surface area contributed by atoms with Gasteiger partial charge in [0.1, 0.15) is 6.10 Å². The van der Waals surface area contributed by atoms with E-state index in [1.807, 2.05) is 0 Å². The second-order valence-electron chi connectivity index (χ2n) is 2.94. The monoisotopic (exact) mass is 253 g/mol. The van der Waals surface area contributed by atoms with Crippen molar-refractivity contribution in [2.24, 2.45) is 0 Å². The van der Waals surface area contributed by atoms with E-state index in [9.17, 15) is 8.78 Å². The molecule has 0 aliphatic carbocycles. The number of halogens is 2. The fourth-order valence-electron chi connectivity index (χ4n) is 0.977. The minimum absolute atomic E-state index is 0.209. The molecule has 0 saturated carbocycles. The van der Waals surface area contributed by atoms with Crippen LogP contribution in [0.1, 0.15) is 6.92 Å². The summed E-state index contributed by atoms with van der Waals surface area (Å²) in [5.41, 5.74) is 5.52. The fraction of sp³-hybridized carbons (Fsp3) is 0.625. The van der Waals surface area contributed by atoms with Crippen molar-refractivity contribution in [2.45, 2.75) is 19.5 Å². The second kappa shape index (κ2) is 5.80. The minimum atomic E-state index is -2.78. The van der Waals surface area contributed by atoms with Gasteiger partial charge in [-0.1, -0.05) is 0 Å². The predicted molar refractivity (Wildman–Crippen MR) is 58.2 cm³/mol. The number of nitrogens with zero attached hydrogens (tertiary/aromatic N) is 1. The molecule has 0 saturated heterocycles. The maximum atomic E-state index is 12.0. The molecule has 1 heterocycles. The van der Waals surface area contributed by atoms with Gasteiger partial charge in [0, 0.05) is 6.54 Å². The molecule has 0 fully saturated rings. The Bertz CT molecular complexity index is 335. The number of hydrogen-bond donors (Lipinski definition) is 3. The largest absolute Gasteiger partial charge is 0.487 e. The normalized spacial score (nSPS) is 12.8. The van der Waals surface area contributed by atoms with Crippen LogP contribution in [0, 0.1) is 0 Å². The molecule has 8 heteroatoms. The lowest BCUT2D eigenvalue weighted by Crippen LogP contribution is -2.26. The zero-order chi connectivity index (χ0) is 12.1. The average Bonchev–Trinajstić information content (AvgIpc) is 2.58. The van der Waals surface area contributed by atoms with Crippen LogP contribution in [0.2, 0.25) is 0 Å². The van der Waals surface area contributed by atoms with E-state index in [4.69, 9.17) is 15.6 Å². The number of anilines is 2. The van der Waals surface area contributed by atoms with E-state index >= 15 is 0 Å². The average molecular weight is 253 g/mol. The molecular weight excluding hydrogens is 240 g/mol. The van der Waals surface area contributed by atoms with Gasteiger partial charge in [0.15, 0.2) is 16.6 Å². The van der Waals surface area contributed by atoms with Crippen molar-refractivity contribution in [3.8, 4) is 5.75 Å². The molecule has 0 radical (unpaired) electrons. The lowest BCUT2D eigenvalue weighted by atomic mass is 10.3. The van der Waals surface area contributed by atoms with Crippen molar-refractivity contribution < 1.29 is 18.6 Å². The molecule has 92 valence electrons. The summed E-state index contributed by atoms with van der Waals surface area (Å²) in [4.78, 5) is 0. The second-order valence-corrected chi connectivity index (χ2v) is 3.72. The number of aromatic nitrogens is 1. The van der Waals surface area contributed by atoms with Gasteiger partial charge < -0.3 is 20.9 Å². The summed E-state index contributed by atoms with van der Waals surface area (Å²) in [5.74, 6) is 0.551. The van der Waals surface area contributed by atoms with Crippen molar-refractivity contribution in [3.63, 3.8) is 0 Å². The molecule has 0 spiro atoms. The van der Waals surface area contributed by atoms with Crippen LogP contribution in [0.25, 0.3) is 0 Å². The molecule has 0 aliphatic heterocycles. The van der Waals surface area contributed by atoms with Gasteiger partial charge in [-0.25, -0.2) is 8.78 Å². The minimum Gasteiger partial charge on any atom is -0.487 e. The number of nitrogens with one attached hydrogen (secondary N) is 1. The summed E-state index contributed by atoms with van der Waals surface area (Å²) in [6.07, 6.45) is -4.51. The topological polar surface area (TPSA) is 80.4 Å². The molecule has 16 heavy (non-hydrogen) atoms. The molecule has 5 nitrogen and oxygen atoms in total. The number of alkyl halides is 2. The molecule has 0 amide bonds. The molecule has 1 rings (SSSR count). The third-order valence-electron chi connectivity index (χ3n) is 1.73. The van der Waals surface area contributed by atoms with Crippen LogP contribution < -0.4 is 15.8 Å². The number of hydrogen-bond acceptors (Lipinski definition) is 6. The Balaban J connectivity index is 2.59. The van der Waals surface area contributed by atoms with Crippen molar-refractivity contribution >= 4 is 22.4 Å². The Morgan fingerprint density at radius 3 is 2.88 bits per heavy atom. The van der Waals surface area contributed by atoms with Gasteiger partial charge in [-0.3, -0.25) is 0 Å². The zero-order valence-corrected chi connectivity index (χ0v) is 9.43. The summed E-state index contributed by atoms with van der Waals surface area (Å²) in [5, 5.41) is 12.0. The third-order valence-corrected chi connectivity index (χ3v) is 2.53. The molecule has 0 bridgehead atoms. The van der Waals surface area contributed by atoms with Crippen LogP contribution in [-0.2, 0) is 0 Å². The predicted octanol–water partition coefficient (Wildman–Crippen LogP) is 1.16. The van der Waals surface area contributed by atoms with E-state index in [0.717, 1.165) is 11.5 Å². The van der Waals surface area contributed by atoms with E-state index in [0.29, 0.717) is 17.4 Å². The van der Waals surface area contributed by atoms with Crippen LogP contribution in [-0.4, -0.2) is 35.2 Å². The highest BCUT2D eigenvalue weighted by atomic mass is 32.1. The molecule has 1 aromatic rings. The van der Waals surface area contributed by atoms with Gasteiger partial charge in [-0.15, -0.1) is 0 Å². The first-order chi connectivity index (χ1) is 7.56. The maximum absolute atomic E-state index is 12.0. The zero-order valence-electron chi connectivity index (χ0n) is 8.61. The van der Waals surface area contributed by atoms with Crippen molar-refractivity contribution in [2.75, 3.05) is 24.2 Å². The fourth-order valence-corrected chi connectivity index (χ4v) is 1.64. The third kappa shape index (κ3) is 3.17. The van der Waals surface area contributed by atoms with Crippen LogP contribution in [0.5, 0.6) is 5.75 Å². The number of aliphatic hydroxyl groups excluding tert-OH is 1. The highest BCUT2D eigenvalue weighted by Crippen LogP contribution is 2.35. The van der Waals surface area contributed by atoms with Crippen LogP contribution in [0.3, 0.4) is 0 Å². The van der Waals surface area contributed by atoms with Gasteiger partial charge in [0.2, 0.25) is 0 Å². The maximum Gasteiger partial charge on any atom is 0.265 e. The van der Waals surface area contributed by atoms with Gasteiger partial charge in [-0.05, 0) is 18.5 Å². The van der Waals surface area contributed by atoms with Gasteiger partial charge >= 0.3 is 0 Å². The Morgan fingerprint density at radius 2 is 2.31 bits per heavy atom. The molecule has 1 atom stereocenters. The van der Waals surface area contributed by atoms with E-state index in [2.05, 4.69) is 9.69 Å². The quantitative estimate of drug-likeness (QED) is 0.709. The van der Waals surface area contributed by atoms with Gasteiger partial charge in [0.05, 0.1) is 6.61 Å². The first-order valence-electron chi connectivity index (χ1n) is 4.64.